The molecule has 4 rings (SSSR count). The van der Waals surface area contributed by atoms with E-state index in [2.05, 4.69) is 10.3 Å². The van der Waals surface area contributed by atoms with E-state index in [1.54, 1.807) is 19.1 Å². The third-order valence-electron chi connectivity index (χ3n) is 6.19. The van der Waals surface area contributed by atoms with Gasteiger partial charge in [-0.2, -0.15) is 13.2 Å². The smallest absolute Gasteiger partial charge is 0.369 e. The van der Waals surface area contributed by atoms with Crippen LogP contribution in [0.2, 0.25) is 0 Å². The van der Waals surface area contributed by atoms with Gasteiger partial charge >= 0.3 is 6.18 Å². The minimum absolute atomic E-state index is 0.108. The number of nitrogens with one attached hydrogen (secondary N) is 1. The van der Waals surface area contributed by atoms with Crippen molar-refractivity contribution in [3.8, 4) is 0 Å². The molecule has 2 aliphatic heterocycles. The lowest BCUT2D eigenvalue weighted by Crippen LogP contribution is -2.63. The van der Waals surface area contributed by atoms with Crippen LogP contribution in [0.1, 0.15) is 25.8 Å². The Morgan fingerprint density at radius 2 is 1.94 bits per heavy atom. The minimum Gasteiger partial charge on any atom is -0.369 e. The first-order valence-electron chi connectivity index (χ1n) is 10.6. The van der Waals surface area contributed by atoms with E-state index in [0.29, 0.717) is 30.6 Å². The highest BCUT2D eigenvalue weighted by Crippen LogP contribution is 2.38. The maximum Gasteiger partial charge on any atom is 0.418 e. The molecule has 3 unspecified atom stereocenters. The molecule has 1 aromatic carbocycles. The number of hydrogen-bond acceptors (Lipinski definition) is 4. The normalized spacial score (nSPS) is 24.8. The minimum atomic E-state index is -4.51. The average Bonchev–Trinajstić information content (AvgIpc) is 2.69. The largest absolute Gasteiger partial charge is 0.418 e. The Balaban J connectivity index is 1.53. The van der Waals surface area contributed by atoms with Crippen molar-refractivity contribution < 1.29 is 26.7 Å². The Bertz CT molecular complexity index is 1000. The van der Waals surface area contributed by atoms with Crippen LogP contribution in [0.5, 0.6) is 0 Å². The Hall–Kier alpha value is -2.49. The van der Waals surface area contributed by atoms with E-state index in [1.807, 2.05) is 11.8 Å². The van der Waals surface area contributed by atoms with E-state index < -0.39 is 36.8 Å². The van der Waals surface area contributed by atoms with E-state index in [-0.39, 0.29) is 23.4 Å². The molecule has 10 heteroatoms. The van der Waals surface area contributed by atoms with Crippen molar-refractivity contribution in [2.75, 3.05) is 31.1 Å². The first-order valence-corrected chi connectivity index (χ1v) is 10.6. The Labute approximate surface area is 182 Å². The fourth-order valence-corrected chi connectivity index (χ4v) is 4.62. The summed E-state index contributed by atoms with van der Waals surface area (Å²) in [5.41, 5.74) is -0.266. The quantitative estimate of drug-likeness (QED) is 0.709. The lowest BCUT2D eigenvalue weighted by atomic mass is 9.94. The number of amides is 1. The van der Waals surface area contributed by atoms with Gasteiger partial charge in [-0.1, -0.05) is 6.92 Å². The summed E-state index contributed by atoms with van der Waals surface area (Å²) in [6, 6.07) is 4.80. The van der Waals surface area contributed by atoms with E-state index in [0.717, 1.165) is 6.07 Å². The highest BCUT2D eigenvalue weighted by molar-refractivity contribution is 5.94. The predicted molar refractivity (Wildman–Crippen MR) is 111 cm³/mol. The molecule has 1 amide bonds. The predicted octanol–water partition coefficient (Wildman–Crippen LogP) is 3.92. The zero-order chi connectivity index (χ0) is 23.3. The topological polar surface area (TPSA) is 48.5 Å². The van der Waals surface area contributed by atoms with Gasteiger partial charge in [0.25, 0.3) is 5.92 Å². The lowest BCUT2D eigenvalue weighted by molar-refractivity contribution is -0.156. The van der Waals surface area contributed by atoms with E-state index in [1.165, 1.54) is 17.2 Å². The molecule has 5 nitrogen and oxygen atoms in total. The fourth-order valence-electron chi connectivity index (χ4n) is 4.62. The number of aromatic nitrogens is 1. The van der Waals surface area contributed by atoms with Crippen LogP contribution in [0.25, 0.3) is 10.9 Å². The van der Waals surface area contributed by atoms with Gasteiger partial charge in [0.2, 0.25) is 5.91 Å². The van der Waals surface area contributed by atoms with Gasteiger partial charge in [0.15, 0.2) is 0 Å². The van der Waals surface area contributed by atoms with Crippen LogP contribution in [-0.2, 0) is 11.0 Å². The average molecular weight is 456 g/mol. The van der Waals surface area contributed by atoms with Crippen molar-refractivity contribution in [2.24, 2.45) is 5.92 Å². The maximum absolute atomic E-state index is 13.4. The molecule has 3 heterocycles. The summed E-state index contributed by atoms with van der Waals surface area (Å²) < 4.78 is 66.6. The number of piperidine rings is 1. The highest BCUT2D eigenvalue weighted by Gasteiger charge is 2.47. The number of nitrogens with zero attached hydrogens (tertiary/aromatic N) is 3. The molecule has 0 bridgehead atoms. The molecule has 0 saturated carbocycles. The molecule has 1 N–H and O–H groups in total. The summed E-state index contributed by atoms with van der Waals surface area (Å²) in [5, 5.41) is 3.35. The molecule has 2 saturated heterocycles. The van der Waals surface area contributed by atoms with Crippen LogP contribution in [0.4, 0.5) is 27.6 Å². The number of carbonyl (C=O) groups excluding carboxylic acids is 1. The van der Waals surface area contributed by atoms with Gasteiger partial charge in [-0.15, -0.1) is 0 Å². The number of hydrogen-bond donors (Lipinski definition) is 1. The second-order valence-electron chi connectivity index (χ2n) is 8.92. The van der Waals surface area contributed by atoms with Crippen molar-refractivity contribution in [3.63, 3.8) is 0 Å². The lowest BCUT2D eigenvalue weighted by Gasteiger charge is -2.43. The summed E-state index contributed by atoms with van der Waals surface area (Å²) in [4.78, 5) is 20.0. The second kappa shape index (κ2) is 8.13. The summed E-state index contributed by atoms with van der Waals surface area (Å²) in [6.07, 6.45) is -2.48. The third-order valence-corrected chi connectivity index (χ3v) is 6.19. The first kappa shape index (κ1) is 22.7. The van der Waals surface area contributed by atoms with Gasteiger partial charge in [-0.25, -0.2) is 8.78 Å². The van der Waals surface area contributed by atoms with E-state index >= 15 is 0 Å². The van der Waals surface area contributed by atoms with Crippen LogP contribution in [0.15, 0.2) is 30.5 Å². The summed E-state index contributed by atoms with van der Waals surface area (Å²) in [6.45, 7) is 3.78. The number of halogens is 5. The first-order chi connectivity index (χ1) is 14.9. The molecule has 2 fully saturated rings. The number of anilines is 1. The van der Waals surface area contributed by atoms with Crippen molar-refractivity contribution in [1.82, 2.24) is 15.2 Å². The number of pyridine rings is 1. The van der Waals surface area contributed by atoms with Gasteiger partial charge in [-0.3, -0.25) is 14.7 Å². The number of carbonyl (C=O) groups is 1. The van der Waals surface area contributed by atoms with Crippen LogP contribution >= 0.6 is 0 Å². The SMILES string of the molecule is CC1CC(NC(=O)C(C)N2CC(F)(F)C2)CN(c2ccc(C(F)(F)F)c3ncccc23)C1. The number of rotatable bonds is 4. The summed E-state index contributed by atoms with van der Waals surface area (Å²) >= 11 is 0. The zero-order valence-corrected chi connectivity index (χ0v) is 17.8. The number of fused-ring (bicyclic) bond motifs is 1. The Morgan fingerprint density at radius 3 is 2.59 bits per heavy atom. The molecule has 1 aromatic heterocycles. The maximum atomic E-state index is 13.4. The van der Waals surface area contributed by atoms with Crippen molar-refractivity contribution in [2.45, 2.75) is 44.5 Å². The molecule has 2 aliphatic rings. The van der Waals surface area contributed by atoms with Gasteiger partial charge in [-0.05, 0) is 43.5 Å². The second-order valence-corrected chi connectivity index (χ2v) is 8.92. The Morgan fingerprint density at radius 1 is 1.22 bits per heavy atom. The fraction of sp³-hybridized carbons (Fsp3) is 0.545. The van der Waals surface area contributed by atoms with E-state index in [4.69, 9.17) is 0 Å². The molecule has 0 radical (unpaired) electrons. The molecule has 0 spiro atoms. The van der Waals surface area contributed by atoms with Gasteiger partial charge in [0, 0.05) is 36.4 Å². The molecule has 2 aromatic rings. The highest BCUT2D eigenvalue weighted by atomic mass is 19.4. The van der Waals surface area contributed by atoms with Crippen LogP contribution in [0, 0.1) is 5.92 Å². The molecule has 32 heavy (non-hydrogen) atoms. The zero-order valence-electron chi connectivity index (χ0n) is 17.8. The van der Waals surface area contributed by atoms with Crippen LogP contribution in [0.3, 0.4) is 0 Å². The van der Waals surface area contributed by atoms with E-state index in [9.17, 15) is 26.7 Å². The Kier molecular flexibility index (Phi) is 5.77. The molecular formula is C22H25F5N4O. The summed E-state index contributed by atoms with van der Waals surface area (Å²) in [5.74, 6) is -2.90. The molecule has 0 aliphatic carbocycles. The molecule has 3 atom stereocenters. The van der Waals surface area contributed by atoms with Gasteiger partial charge in [0.05, 0.1) is 30.2 Å². The third kappa shape index (κ3) is 4.51. The molecular weight excluding hydrogens is 431 g/mol. The number of likely N-dealkylation sites (tertiary alicyclic amines) is 1. The summed E-state index contributed by atoms with van der Waals surface area (Å²) in [7, 11) is 0. The van der Waals surface area contributed by atoms with Crippen LogP contribution < -0.4 is 10.2 Å². The molecule has 174 valence electrons. The van der Waals surface area contributed by atoms with Crippen molar-refractivity contribution in [3.05, 3.63) is 36.0 Å². The van der Waals surface area contributed by atoms with Gasteiger partial charge < -0.3 is 10.2 Å². The monoisotopic (exact) mass is 456 g/mol. The van der Waals surface area contributed by atoms with Crippen LogP contribution in [-0.4, -0.2) is 60.0 Å². The van der Waals surface area contributed by atoms with Gasteiger partial charge in [0.1, 0.15) is 0 Å². The standard InChI is InChI=1S/C22H25F5N4O/c1-13-8-15(29-20(32)14(2)31-11-21(23,24)12-31)10-30(9-13)18-6-5-17(22(25,26)27)19-16(18)4-3-7-28-19/h3-7,13-15H,8-12H2,1-2H3,(H,29,32). The van der Waals surface area contributed by atoms with Crippen molar-refractivity contribution >= 4 is 22.5 Å². The number of benzene rings is 1. The number of alkyl halides is 5. The van der Waals surface area contributed by atoms with Crippen molar-refractivity contribution in [1.29, 1.82) is 0 Å².